The first kappa shape index (κ1) is 30.6. The van der Waals surface area contributed by atoms with Crippen molar-refractivity contribution in [3.8, 4) is 34.1 Å². The van der Waals surface area contributed by atoms with E-state index in [0.717, 1.165) is 16.0 Å². The zero-order chi connectivity index (χ0) is 28.1. The van der Waals surface area contributed by atoms with Crippen LogP contribution >= 0.6 is 15.9 Å². The molecule has 4 rings (SSSR count). The second kappa shape index (κ2) is 15.6. The first-order valence-corrected chi connectivity index (χ1v) is 12.0. The van der Waals surface area contributed by atoms with E-state index in [9.17, 15) is 8.78 Å². The molecule has 0 saturated carbocycles. The molecule has 0 aliphatic heterocycles. The average molecular weight is 589 g/mol. The van der Waals surface area contributed by atoms with E-state index in [1.165, 1.54) is 30.3 Å². The Labute approximate surface area is 229 Å². The van der Waals surface area contributed by atoms with Gasteiger partial charge in [-0.15, -0.1) is 0 Å². The Bertz CT molecular complexity index is 1310. The van der Waals surface area contributed by atoms with Crippen molar-refractivity contribution in [1.29, 1.82) is 0 Å². The van der Waals surface area contributed by atoms with Gasteiger partial charge in [0.25, 0.3) is 0 Å². The van der Waals surface area contributed by atoms with Gasteiger partial charge in [-0.2, -0.15) is 0 Å². The van der Waals surface area contributed by atoms with E-state index < -0.39 is 12.9 Å². The highest BCUT2D eigenvalue weighted by Gasteiger charge is 2.14. The molecule has 4 aromatic carbocycles. The molecular formula is C28H28BBrF2O6. The van der Waals surface area contributed by atoms with Gasteiger partial charge in [0.05, 0.1) is 32.9 Å². The van der Waals surface area contributed by atoms with Crippen LogP contribution in [0.2, 0.25) is 0 Å². The number of benzene rings is 4. The maximum absolute atomic E-state index is 13.7. The van der Waals surface area contributed by atoms with Gasteiger partial charge in [-0.05, 0) is 52.3 Å². The Morgan fingerprint density at radius 1 is 0.605 bits per heavy atom. The van der Waals surface area contributed by atoms with Gasteiger partial charge < -0.3 is 29.0 Å². The van der Waals surface area contributed by atoms with Crippen molar-refractivity contribution in [2.24, 2.45) is 0 Å². The molecule has 0 bridgehead atoms. The highest BCUT2D eigenvalue weighted by molar-refractivity contribution is 9.10. The molecule has 0 saturated heterocycles. The summed E-state index contributed by atoms with van der Waals surface area (Å²) >= 11 is 3.34. The van der Waals surface area contributed by atoms with Crippen molar-refractivity contribution >= 4 is 28.5 Å². The Hall–Kier alpha value is -3.60. The van der Waals surface area contributed by atoms with Gasteiger partial charge in [-0.1, -0.05) is 36.4 Å². The van der Waals surface area contributed by atoms with Crippen molar-refractivity contribution in [1.82, 2.24) is 0 Å². The quantitative estimate of drug-likeness (QED) is 0.290. The number of ether oxygens (including phenoxy) is 4. The third kappa shape index (κ3) is 8.76. The van der Waals surface area contributed by atoms with Gasteiger partial charge >= 0.3 is 7.12 Å². The molecule has 0 atom stereocenters. The van der Waals surface area contributed by atoms with Crippen molar-refractivity contribution in [3.63, 3.8) is 0 Å². The first-order chi connectivity index (χ1) is 18.2. The van der Waals surface area contributed by atoms with Crippen LogP contribution in [0.5, 0.6) is 23.0 Å². The molecule has 0 amide bonds. The van der Waals surface area contributed by atoms with Crippen LogP contribution in [0.1, 0.15) is 0 Å². The molecule has 0 heterocycles. The fraction of sp³-hybridized carbons (Fsp3) is 0.143. The van der Waals surface area contributed by atoms with Crippen molar-refractivity contribution < 1.29 is 37.8 Å². The topological polar surface area (TPSA) is 77.4 Å². The van der Waals surface area contributed by atoms with Gasteiger partial charge in [0.2, 0.25) is 0 Å². The minimum atomic E-state index is -1.72. The van der Waals surface area contributed by atoms with Crippen LogP contribution in [-0.2, 0) is 0 Å². The Kier molecular flexibility index (Phi) is 12.6. The van der Waals surface area contributed by atoms with E-state index in [2.05, 4.69) is 15.9 Å². The van der Waals surface area contributed by atoms with E-state index in [4.69, 9.17) is 29.0 Å². The summed E-state index contributed by atoms with van der Waals surface area (Å²) in [7, 11) is 4.67. The summed E-state index contributed by atoms with van der Waals surface area (Å²) in [5.41, 5.74) is 1.14. The van der Waals surface area contributed by atoms with Crippen molar-refractivity contribution in [2.45, 2.75) is 0 Å². The van der Waals surface area contributed by atoms with Crippen LogP contribution in [0.3, 0.4) is 0 Å². The third-order valence-electron chi connectivity index (χ3n) is 5.11. The summed E-state index contributed by atoms with van der Waals surface area (Å²) in [6, 6.07) is 23.0. The van der Waals surface area contributed by atoms with Gasteiger partial charge in [-0.3, -0.25) is 0 Å². The van der Waals surface area contributed by atoms with Crippen LogP contribution < -0.4 is 24.4 Å². The van der Waals surface area contributed by atoms with Gasteiger partial charge in [0, 0.05) is 28.7 Å². The normalized spacial score (nSPS) is 9.71. The van der Waals surface area contributed by atoms with E-state index in [-0.39, 0.29) is 11.3 Å². The number of methoxy groups -OCH3 is 4. The second-order valence-corrected chi connectivity index (χ2v) is 8.30. The van der Waals surface area contributed by atoms with Crippen LogP contribution in [-0.4, -0.2) is 45.6 Å². The third-order valence-corrected chi connectivity index (χ3v) is 5.77. The van der Waals surface area contributed by atoms with E-state index in [0.29, 0.717) is 22.6 Å². The Morgan fingerprint density at radius 3 is 1.63 bits per heavy atom. The van der Waals surface area contributed by atoms with Crippen LogP contribution in [0.25, 0.3) is 11.1 Å². The predicted octanol–water partition coefficient (Wildman–Crippen LogP) is 5.48. The number of hydrogen-bond acceptors (Lipinski definition) is 6. The van der Waals surface area contributed by atoms with Gasteiger partial charge in [0.15, 0.2) is 0 Å². The minimum Gasteiger partial charge on any atom is -0.497 e. The standard InChI is InChI=1S/C14H13FO2.C8H9BrO2.C6H6BFO2/c1-16-10-7-8-12(14(9-10)17-2)11-5-3-4-6-13(11)15;1-10-6-3-4-7(9)8(5-6)11-2;8-6-4-2-1-3-5(6)7(9)10/h3-9H,1-2H3;3-5H,1-2H3;1-4,9-10H. The highest BCUT2D eigenvalue weighted by Crippen LogP contribution is 2.34. The molecule has 0 aliphatic carbocycles. The van der Waals surface area contributed by atoms with Crippen LogP contribution in [0, 0.1) is 11.6 Å². The lowest BCUT2D eigenvalue weighted by molar-refractivity contribution is 0.392. The smallest absolute Gasteiger partial charge is 0.491 e. The monoisotopic (exact) mass is 588 g/mol. The molecule has 2 N–H and O–H groups in total. The van der Waals surface area contributed by atoms with Crippen LogP contribution in [0.4, 0.5) is 8.78 Å². The fourth-order valence-electron chi connectivity index (χ4n) is 3.15. The number of halogens is 3. The molecule has 38 heavy (non-hydrogen) atoms. The minimum absolute atomic E-state index is 0.0949. The Balaban J connectivity index is 0.000000211. The fourth-order valence-corrected chi connectivity index (χ4v) is 3.56. The first-order valence-electron chi connectivity index (χ1n) is 11.2. The maximum Gasteiger partial charge on any atom is 0.491 e. The van der Waals surface area contributed by atoms with Crippen molar-refractivity contribution in [2.75, 3.05) is 28.4 Å². The highest BCUT2D eigenvalue weighted by atomic mass is 79.9. The molecule has 0 radical (unpaired) electrons. The molecule has 4 aromatic rings. The molecule has 0 fully saturated rings. The van der Waals surface area contributed by atoms with Crippen LogP contribution in [0.15, 0.2) is 89.4 Å². The largest absolute Gasteiger partial charge is 0.497 e. The van der Waals surface area contributed by atoms with Crippen molar-refractivity contribution in [3.05, 3.63) is 101 Å². The SMILES string of the molecule is COc1ccc(-c2ccccc2F)c(OC)c1.COc1ccc(Br)c(OC)c1.OB(O)c1ccccc1F. The van der Waals surface area contributed by atoms with Gasteiger partial charge in [0.1, 0.15) is 34.6 Å². The van der Waals surface area contributed by atoms with E-state index in [1.807, 2.05) is 18.2 Å². The summed E-state index contributed by atoms with van der Waals surface area (Å²) in [5, 5.41) is 17.0. The summed E-state index contributed by atoms with van der Waals surface area (Å²) in [6.45, 7) is 0. The average Bonchev–Trinajstić information content (AvgIpc) is 2.94. The summed E-state index contributed by atoms with van der Waals surface area (Å²) < 4.78 is 47.6. The summed E-state index contributed by atoms with van der Waals surface area (Å²) in [6.07, 6.45) is 0. The zero-order valence-corrected chi connectivity index (χ0v) is 22.9. The molecule has 0 aliphatic rings. The lowest BCUT2D eigenvalue weighted by Gasteiger charge is -2.11. The number of rotatable bonds is 6. The summed E-state index contributed by atoms with van der Waals surface area (Å²) in [4.78, 5) is 0. The molecule has 6 nitrogen and oxygen atoms in total. The molecular weight excluding hydrogens is 561 g/mol. The number of hydrogen-bond donors (Lipinski definition) is 2. The lowest BCUT2D eigenvalue weighted by atomic mass is 9.80. The molecule has 0 unspecified atom stereocenters. The second-order valence-electron chi connectivity index (χ2n) is 7.44. The van der Waals surface area contributed by atoms with E-state index >= 15 is 0 Å². The predicted molar refractivity (Wildman–Crippen MR) is 148 cm³/mol. The van der Waals surface area contributed by atoms with E-state index in [1.54, 1.807) is 64.8 Å². The lowest BCUT2D eigenvalue weighted by Crippen LogP contribution is -2.32. The summed E-state index contributed by atoms with van der Waals surface area (Å²) in [5.74, 6) is 1.99. The Morgan fingerprint density at radius 2 is 1.13 bits per heavy atom. The zero-order valence-electron chi connectivity index (χ0n) is 21.3. The molecule has 0 spiro atoms. The molecule has 0 aromatic heterocycles. The molecule has 10 heteroatoms. The maximum atomic E-state index is 13.7. The molecule has 200 valence electrons. The van der Waals surface area contributed by atoms with Gasteiger partial charge in [-0.25, -0.2) is 8.78 Å².